The molecule has 0 spiro atoms. The van der Waals surface area contributed by atoms with Crippen molar-refractivity contribution in [1.29, 1.82) is 0 Å². The molecule has 3 rings (SSSR count). The molecule has 0 saturated carbocycles. The normalized spacial score (nSPS) is 10.8. The Labute approximate surface area is 178 Å². The molecule has 0 radical (unpaired) electrons. The second-order valence-corrected chi connectivity index (χ2v) is 6.39. The Bertz CT molecular complexity index is 952. The van der Waals surface area contributed by atoms with Gasteiger partial charge in [-0.15, -0.1) is 0 Å². The predicted molar refractivity (Wildman–Crippen MR) is 107 cm³/mol. The molecule has 2 nitrogen and oxygen atoms in total. The molecule has 0 aliphatic heterocycles. The zero-order valence-electron chi connectivity index (χ0n) is 12.7. The van der Waals surface area contributed by atoms with Gasteiger partial charge in [-0.2, -0.15) is 0 Å². The van der Waals surface area contributed by atoms with E-state index in [1.54, 1.807) is 12.1 Å². The maximum atomic E-state index is 10.8. The summed E-state index contributed by atoms with van der Waals surface area (Å²) in [7, 11) is 0. The van der Waals surface area contributed by atoms with E-state index in [0.29, 0.717) is 16.5 Å². The first-order valence-corrected chi connectivity index (χ1v) is 8.14. The van der Waals surface area contributed by atoms with Crippen LogP contribution in [-0.4, -0.2) is 40.6 Å². The Hall–Kier alpha value is -1.29. The van der Waals surface area contributed by atoms with Gasteiger partial charge in [0.2, 0.25) is 0 Å². The molecule has 25 heavy (non-hydrogen) atoms. The quantitative estimate of drug-likeness (QED) is 0.499. The number of fused-ring (bicyclic) bond motifs is 1. The Morgan fingerprint density at radius 1 is 0.920 bits per heavy atom. The molecule has 3 aromatic carbocycles. The van der Waals surface area contributed by atoms with Crippen LogP contribution in [-0.2, 0) is 11.2 Å². The van der Waals surface area contributed by atoms with Gasteiger partial charge >= 0.3 is 35.5 Å². The van der Waals surface area contributed by atoms with Gasteiger partial charge in [-0.05, 0) is 64.2 Å². The van der Waals surface area contributed by atoms with Gasteiger partial charge in [0, 0.05) is 16.1 Å². The van der Waals surface area contributed by atoms with Crippen LogP contribution in [0.25, 0.3) is 16.8 Å². The zero-order valence-corrected chi connectivity index (χ0v) is 14.2. The number of benzene rings is 3. The van der Waals surface area contributed by atoms with Crippen LogP contribution in [0.4, 0.5) is 0 Å². The Balaban J connectivity index is 0.00000225. The van der Waals surface area contributed by atoms with Crippen molar-refractivity contribution >= 4 is 75.6 Å². The van der Waals surface area contributed by atoms with Crippen molar-refractivity contribution in [3.8, 4) is 0 Å². The van der Waals surface area contributed by atoms with Crippen LogP contribution in [0, 0.1) is 0 Å². The topological polar surface area (TPSA) is 37.3 Å². The standard InChI is InChI=1S/C20H14Cl2O2.Na.H/c21-18-6-3-14-9-13(1-2-16(14)11-18)10-15-4-7-19(22)12-17(15)5-8-20(23)24;;/h1-9,11-12H,10H2,(H,23,24);;/b8-5+;;. The molecule has 3 aromatic rings. The third-order valence-corrected chi connectivity index (χ3v) is 4.24. The van der Waals surface area contributed by atoms with E-state index >= 15 is 0 Å². The van der Waals surface area contributed by atoms with E-state index in [0.717, 1.165) is 33.5 Å². The summed E-state index contributed by atoms with van der Waals surface area (Å²) in [4.78, 5) is 10.8. The fourth-order valence-electron chi connectivity index (χ4n) is 2.64. The van der Waals surface area contributed by atoms with Crippen molar-refractivity contribution in [3.05, 3.63) is 87.4 Å². The zero-order chi connectivity index (χ0) is 17.1. The fraction of sp³-hybridized carbons (Fsp3) is 0.0500. The molecule has 0 aliphatic carbocycles. The fourth-order valence-corrected chi connectivity index (χ4v) is 3.00. The number of hydrogen-bond acceptors (Lipinski definition) is 1. The van der Waals surface area contributed by atoms with Gasteiger partial charge in [-0.3, -0.25) is 0 Å². The number of carboxylic acid groups (broad SMARTS) is 1. The Kier molecular flexibility index (Phi) is 7.12. The van der Waals surface area contributed by atoms with Gasteiger partial charge < -0.3 is 5.11 Å². The Morgan fingerprint density at radius 3 is 2.32 bits per heavy atom. The summed E-state index contributed by atoms with van der Waals surface area (Å²) < 4.78 is 0. The molecule has 0 fully saturated rings. The van der Waals surface area contributed by atoms with Crippen LogP contribution in [0.5, 0.6) is 0 Å². The van der Waals surface area contributed by atoms with E-state index < -0.39 is 5.97 Å². The molecular formula is C20H15Cl2NaO2. The predicted octanol–water partition coefficient (Wildman–Crippen LogP) is 5.19. The number of hydrogen-bond donors (Lipinski definition) is 1. The molecule has 0 aromatic heterocycles. The van der Waals surface area contributed by atoms with Crippen LogP contribution >= 0.6 is 23.2 Å². The van der Waals surface area contributed by atoms with Crippen molar-refractivity contribution in [3.63, 3.8) is 0 Å². The van der Waals surface area contributed by atoms with E-state index in [1.165, 1.54) is 0 Å². The van der Waals surface area contributed by atoms with E-state index in [1.807, 2.05) is 36.4 Å². The average molecular weight is 381 g/mol. The Morgan fingerprint density at radius 2 is 1.56 bits per heavy atom. The number of rotatable bonds is 4. The van der Waals surface area contributed by atoms with Crippen molar-refractivity contribution in [2.24, 2.45) is 0 Å². The molecular weight excluding hydrogens is 366 g/mol. The van der Waals surface area contributed by atoms with Gasteiger partial charge in [0.15, 0.2) is 0 Å². The van der Waals surface area contributed by atoms with Crippen LogP contribution in [0.3, 0.4) is 0 Å². The van der Waals surface area contributed by atoms with Gasteiger partial charge in [0.05, 0.1) is 0 Å². The number of halogens is 2. The van der Waals surface area contributed by atoms with Crippen molar-refractivity contribution in [1.82, 2.24) is 0 Å². The van der Waals surface area contributed by atoms with Crippen LogP contribution in [0.1, 0.15) is 16.7 Å². The monoisotopic (exact) mass is 380 g/mol. The molecule has 0 heterocycles. The van der Waals surface area contributed by atoms with Crippen molar-refractivity contribution in [2.45, 2.75) is 6.42 Å². The summed E-state index contributed by atoms with van der Waals surface area (Å²) in [5.41, 5.74) is 2.96. The molecule has 0 unspecified atom stereocenters. The minimum absolute atomic E-state index is 0. The van der Waals surface area contributed by atoms with Crippen LogP contribution in [0.2, 0.25) is 10.0 Å². The molecule has 0 atom stereocenters. The summed E-state index contributed by atoms with van der Waals surface area (Å²) in [6, 6.07) is 17.5. The number of aliphatic carboxylic acids is 1. The van der Waals surface area contributed by atoms with Crippen molar-refractivity contribution < 1.29 is 9.90 Å². The summed E-state index contributed by atoms with van der Waals surface area (Å²) in [5, 5.41) is 12.3. The first kappa shape index (κ1) is 20.0. The molecule has 122 valence electrons. The first-order valence-electron chi connectivity index (χ1n) is 7.39. The third-order valence-electron chi connectivity index (χ3n) is 3.77. The molecule has 0 saturated heterocycles. The minimum atomic E-state index is -0.983. The summed E-state index contributed by atoms with van der Waals surface area (Å²) in [5.74, 6) is -0.983. The molecule has 0 aliphatic rings. The third kappa shape index (κ3) is 5.34. The molecule has 5 heteroatoms. The second-order valence-electron chi connectivity index (χ2n) is 5.52. The van der Waals surface area contributed by atoms with Gasteiger partial charge in [-0.25, -0.2) is 4.79 Å². The first-order chi connectivity index (χ1) is 11.5. The SMILES string of the molecule is O=C(O)/C=C/c1cc(Cl)ccc1Cc1ccc2cc(Cl)ccc2c1.[NaH]. The van der Waals surface area contributed by atoms with E-state index in [9.17, 15) is 4.79 Å². The van der Waals surface area contributed by atoms with Crippen LogP contribution < -0.4 is 0 Å². The second kappa shape index (κ2) is 8.88. The number of carbonyl (C=O) groups is 1. The summed E-state index contributed by atoms with van der Waals surface area (Å²) >= 11 is 12.1. The van der Waals surface area contributed by atoms with E-state index in [2.05, 4.69) is 12.1 Å². The molecule has 0 amide bonds. The number of carboxylic acids is 1. The van der Waals surface area contributed by atoms with Gasteiger partial charge in [-0.1, -0.05) is 53.5 Å². The summed E-state index contributed by atoms with van der Waals surface area (Å²) in [6.45, 7) is 0. The average Bonchev–Trinajstić information content (AvgIpc) is 2.55. The van der Waals surface area contributed by atoms with E-state index in [4.69, 9.17) is 28.3 Å². The molecule has 0 bridgehead atoms. The van der Waals surface area contributed by atoms with Crippen LogP contribution in [0.15, 0.2) is 60.7 Å². The maximum absolute atomic E-state index is 10.8. The van der Waals surface area contributed by atoms with Crippen molar-refractivity contribution in [2.75, 3.05) is 0 Å². The van der Waals surface area contributed by atoms with Gasteiger partial charge in [0.1, 0.15) is 0 Å². The summed E-state index contributed by atoms with van der Waals surface area (Å²) in [6.07, 6.45) is 3.39. The van der Waals surface area contributed by atoms with Gasteiger partial charge in [0.25, 0.3) is 0 Å². The van der Waals surface area contributed by atoms with E-state index in [-0.39, 0.29) is 29.6 Å². The molecule has 1 N–H and O–H groups in total.